The van der Waals surface area contributed by atoms with Crippen molar-refractivity contribution >= 4 is 12.0 Å². The third kappa shape index (κ3) is 6.67. The van der Waals surface area contributed by atoms with E-state index in [-0.39, 0.29) is 19.2 Å². The Bertz CT molecular complexity index is 634. The Morgan fingerprint density at radius 2 is 2.27 bits per heavy atom. The average Bonchev–Trinajstić information content (AvgIpc) is 3.02. The van der Waals surface area contributed by atoms with Crippen LogP contribution in [0, 0.1) is 0 Å². The number of pyridine rings is 1. The first-order chi connectivity index (χ1) is 12.3. The average molecular weight is 371 g/mol. The standard InChI is InChI=1S/C18H24F3N3O2/c1-13(22-2)4-3-5-14-8-16(11-23-10-14)26-15-6-7-24(12-15)17(25)9-18(19,20)21/h3,5,8,10-11,13,15,22H,4,6-7,9,12H2,1-2H3/b5-3+/t13-,15-/m0/s1. The smallest absolute Gasteiger partial charge is 0.397 e. The number of hydrogen-bond acceptors (Lipinski definition) is 4. The first kappa shape index (κ1) is 20.2. The highest BCUT2D eigenvalue weighted by atomic mass is 19.4. The number of alkyl halides is 3. The zero-order chi connectivity index (χ0) is 19.2. The van der Waals surface area contributed by atoms with Crippen molar-refractivity contribution in [3.8, 4) is 5.75 Å². The van der Waals surface area contributed by atoms with Gasteiger partial charge in [0.05, 0.1) is 12.7 Å². The molecule has 8 heteroatoms. The van der Waals surface area contributed by atoms with Gasteiger partial charge in [-0.05, 0) is 32.0 Å². The molecule has 0 aromatic carbocycles. The van der Waals surface area contributed by atoms with E-state index in [1.54, 1.807) is 12.4 Å². The molecule has 144 valence electrons. The van der Waals surface area contributed by atoms with Gasteiger partial charge >= 0.3 is 6.18 Å². The van der Waals surface area contributed by atoms with Crippen molar-refractivity contribution in [2.24, 2.45) is 0 Å². The summed E-state index contributed by atoms with van der Waals surface area (Å²) in [4.78, 5) is 17.0. The molecule has 26 heavy (non-hydrogen) atoms. The zero-order valence-electron chi connectivity index (χ0n) is 14.9. The fourth-order valence-corrected chi connectivity index (χ4v) is 2.64. The third-order valence-corrected chi connectivity index (χ3v) is 4.18. The van der Waals surface area contributed by atoms with Gasteiger partial charge in [0.15, 0.2) is 0 Å². The molecule has 2 atom stereocenters. The number of carbonyl (C=O) groups excluding carboxylic acids is 1. The van der Waals surface area contributed by atoms with Crippen LogP contribution in [0.25, 0.3) is 6.08 Å². The van der Waals surface area contributed by atoms with Crippen LogP contribution >= 0.6 is 0 Å². The monoisotopic (exact) mass is 371 g/mol. The van der Waals surface area contributed by atoms with E-state index < -0.39 is 18.5 Å². The van der Waals surface area contributed by atoms with E-state index >= 15 is 0 Å². The second-order valence-corrected chi connectivity index (χ2v) is 6.44. The molecule has 0 spiro atoms. The molecule has 1 aromatic heterocycles. The van der Waals surface area contributed by atoms with E-state index in [0.29, 0.717) is 18.2 Å². The molecule has 5 nitrogen and oxygen atoms in total. The molecule has 1 aliphatic heterocycles. The van der Waals surface area contributed by atoms with E-state index in [2.05, 4.69) is 17.2 Å². The fourth-order valence-electron chi connectivity index (χ4n) is 2.64. The molecule has 2 heterocycles. The zero-order valence-corrected chi connectivity index (χ0v) is 14.9. The summed E-state index contributed by atoms with van der Waals surface area (Å²) >= 11 is 0. The van der Waals surface area contributed by atoms with Crippen molar-refractivity contribution in [1.82, 2.24) is 15.2 Å². The second-order valence-electron chi connectivity index (χ2n) is 6.44. The number of nitrogens with zero attached hydrogens (tertiary/aromatic N) is 2. The summed E-state index contributed by atoms with van der Waals surface area (Å²) in [5.74, 6) is -0.360. The molecule has 1 saturated heterocycles. The molecule has 0 radical (unpaired) electrons. The third-order valence-electron chi connectivity index (χ3n) is 4.18. The van der Waals surface area contributed by atoms with Crippen molar-refractivity contribution in [1.29, 1.82) is 0 Å². The molecule has 0 aliphatic carbocycles. The van der Waals surface area contributed by atoms with Gasteiger partial charge in [-0.15, -0.1) is 0 Å². The maximum Gasteiger partial charge on any atom is 0.397 e. The van der Waals surface area contributed by atoms with Gasteiger partial charge in [-0.3, -0.25) is 9.78 Å². The summed E-state index contributed by atoms with van der Waals surface area (Å²) in [5, 5.41) is 3.14. The quantitative estimate of drug-likeness (QED) is 0.801. The molecule has 2 rings (SSSR count). The van der Waals surface area contributed by atoms with Crippen LogP contribution < -0.4 is 10.1 Å². The SMILES string of the molecule is CN[C@@H](C)C/C=C/c1cncc(O[C@H]2CCN(C(=O)CC(F)(F)F)C2)c1. The fraction of sp³-hybridized carbons (Fsp3) is 0.556. The number of nitrogens with one attached hydrogen (secondary N) is 1. The highest BCUT2D eigenvalue weighted by molar-refractivity contribution is 5.77. The van der Waals surface area contributed by atoms with E-state index in [0.717, 1.165) is 12.0 Å². The van der Waals surface area contributed by atoms with Crippen LogP contribution in [0.4, 0.5) is 13.2 Å². The number of hydrogen-bond donors (Lipinski definition) is 1. The van der Waals surface area contributed by atoms with E-state index in [1.165, 1.54) is 4.90 Å². The second kappa shape index (κ2) is 9.02. The molecule has 1 fully saturated rings. The lowest BCUT2D eigenvalue weighted by Gasteiger charge is -2.18. The van der Waals surface area contributed by atoms with Gasteiger partial charge in [-0.2, -0.15) is 13.2 Å². The summed E-state index contributed by atoms with van der Waals surface area (Å²) in [6.45, 7) is 2.51. The lowest BCUT2D eigenvalue weighted by Crippen LogP contribution is -2.33. The first-order valence-corrected chi connectivity index (χ1v) is 8.57. The molecular weight excluding hydrogens is 347 g/mol. The van der Waals surface area contributed by atoms with Gasteiger partial charge in [0, 0.05) is 25.2 Å². The van der Waals surface area contributed by atoms with Gasteiger partial charge in [-0.25, -0.2) is 0 Å². The number of amides is 1. The van der Waals surface area contributed by atoms with Gasteiger partial charge in [0.1, 0.15) is 18.3 Å². The largest absolute Gasteiger partial charge is 0.487 e. The summed E-state index contributed by atoms with van der Waals surface area (Å²) in [6.07, 6.45) is 2.41. The van der Waals surface area contributed by atoms with Gasteiger partial charge in [0.2, 0.25) is 5.91 Å². The topological polar surface area (TPSA) is 54.5 Å². The van der Waals surface area contributed by atoms with Crippen molar-refractivity contribution in [2.45, 2.75) is 44.5 Å². The number of aromatic nitrogens is 1. The van der Waals surface area contributed by atoms with Crippen molar-refractivity contribution in [3.63, 3.8) is 0 Å². The minimum atomic E-state index is -4.48. The summed E-state index contributed by atoms with van der Waals surface area (Å²) in [7, 11) is 1.90. The Morgan fingerprint density at radius 1 is 1.50 bits per heavy atom. The molecule has 1 amide bonds. The number of carbonyl (C=O) groups is 1. The van der Waals surface area contributed by atoms with Crippen LogP contribution in [0.5, 0.6) is 5.75 Å². The normalized spacial score (nSPS) is 19.1. The molecule has 0 saturated carbocycles. The number of ether oxygens (including phenoxy) is 1. The number of halogens is 3. The highest BCUT2D eigenvalue weighted by Crippen LogP contribution is 2.24. The van der Waals surface area contributed by atoms with Crippen LogP contribution in [0.1, 0.15) is 31.7 Å². The summed E-state index contributed by atoms with van der Waals surface area (Å²) in [5.41, 5.74) is 0.883. The van der Waals surface area contributed by atoms with Crippen LogP contribution in [0.15, 0.2) is 24.5 Å². The van der Waals surface area contributed by atoms with Gasteiger partial charge < -0.3 is 15.0 Å². The van der Waals surface area contributed by atoms with E-state index in [1.807, 2.05) is 25.3 Å². The van der Waals surface area contributed by atoms with Gasteiger partial charge in [0.25, 0.3) is 0 Å². The molecule has 1 N–H and O–H groups in total. The lowest BCUT2D eigenvalue weighted by molar-refractivity contribution is -0.160. The Balaban J connectivity index is 1.88. The lowest BCUT2D eigenvalue weighted by atomic mass is 10.2. The Kier molecular flexibility index (Phi) is 7.02. The van der Waals surface area contributed by atoms with Crippen molar-refractivity contribution < 1.29 is 22.7 Å². The Hall–Kier alpha value is -2.09. The predicted octanol–water partition coefficient (Wildman–Crippen LogP) is 3.02. The molecular formula is C18H24F3N3O2. The van der Waals surface area contributed by atoms with Crippen LogP contribution in [-0.2, 0) is 4.79 Å². The van der Waals surface area contributed by atoms with E-state index in [4.69, 9.17) is 4.74 Å². The summed E-state index contributed by atoms with van der Waals surface area (Å²) in [6, 6.07) is 2.20. The van der Waals surface area contributed by atoms with Crippen molar-refractivity contribution in [3.05, 3.63) is 30.1 Å². The summed E-state index contributed by atoms with van der Waals surface area (Å²) < 4.78 is 42.8. The van der Waals surface area contributed by atoms with Gasteiger partial charge in [-0.1, -0.05) is 12.2 Å². The minimum Gasteiger partial charge on any atom is -0.487 e. The van der Waals surface area contributed by atoms with Crippen LogP contribution in [0.2, 0.25) is 0 Å². The molecule has 0 bridgehead atoms. The Labute approximate surface area is 151 Å². The van der Waals surface area contributed by atoms with Crippen LogP contribution in [0.3, 0.4) is 0 Å². The van der Waals surface area contributed by atoms with Crippen LogP contribution in [-0.4, -0.2) is 54.3 Å². The maximum absolute atomic E-state index is 12.3. The number of likely N-dealkylation sites (tertiary alicyclic amines) is 1. The predicted molar refractivity (Wildman–Crippen MR) is 92.7 cm³/mol. The minimum absolute atomic E-state index is 0.161. The number of rotatable bonds is 7. The Morgan fingerprint density at radius 3 is 2.96 bits per heavy atom. The molecule has 1 aliphatic rings. The first-order valence-electron chi connectivity index (χ1n) is 8.57. The molecule has 0 unspecified atom stereocenters. The van der Waals surface area contributed by atoms with Crippen molar-refractivity contribution in [2.75, 3.05) is 20.1 Å². The maximum atomic E-state index is 12.3. The van der Waals surface area contributed by atoms with E-state index in [9.17, 15) is 18.0 Å². The molecule has 1 aromatic rings. The highest BCUT2D eigenvalue weighted by Gasteiger charge is 2.36.